The normalized spacial score (nSPS) is 14.1. The first kappa shape index (κ1) is 47.6. The standard InChI is InChI=1S/C44H76O6/c1-4-6-7-8-9-10-11-14-18-21-24-27-30-34-41(45)35-32-37-44(48)50-39-42(46)38-49-43(47)36-31-28-25-22-19-16-13-12-15-17-20-23-26-29-33-40(3)5-2/h6-7,9-10,14,18,24,27,30,34,40-42,45-46H,4-5,8,11-13,15-17,19-23,25-26,28-29,31-33,35-39H2,1-3H3/b7-6-,10-9-,18-14-,27-24-,34-30+/t40?,41?,42-/m0/s1. The Kier molecular flexibility index (Phi) is 36.0. The minimum absolute atomic E-state index is 0.153. The van der Waals surface area contributed by atoms with Crippen LogP contribution in [0, 0.1) is 5.92 Å². The first-order valence-corrected chi connectivity index (χ1v) is 20.3. The molecule has 2 N–H and O–H groups in total. The Hall–Kier alpha value is -2.44. The van der Waals surface area contributed by atoms with E-state index < -0.39 is 18.2 Å². The van der Waals surface area contributed by atoms with Crippen LogP contribution in [0.2, 0.25) is 0 Å². The highest BCUT2D eigenvalue weighted by atomic mass is 16.6. The first-order valence-electron chi connectivity index (χ1n) is 20.3. The highest BCUT2D eigenvalue weighted by Crippen LogP contribution is 2.16. The minimum atomic E-state index is -1.04. The van der Waals surface area contributed by atoms with Crippen molar-refractivity contribution in [1.82, 2.24) is 0 Å². The smallest absolute Gasteiger partial charge is 0.305 e. The molecule has 0 fully saturated rings. The predicted molar refractivity (Wildman–Crippen MR) is 211 cm³/mol. The van der Waals surface area contributed by atoms with Gasteiger partial charge in [-0.2, -0.15) is 0 Å². The van der Waals surface area contributed by atoms with Gasteiger partial charge in [0, 0.05) is 12.8 Å². The molecule has 0 spiro atoms. The van der Waals surface area contributed by atoms with Gasteiger partial charge in [-0.3, -0.25) is 9.59 Å². The molecule has 50 heavy (non-hydrogen) atoms. The molecule has 3 atom stereocenters. The van der Waals surface area contributed by atoms with Crippen molar-refractivity contribution in [2.24, 2.45) is 5.92 Å². The quantitative estimate of drug-likeness (QED) is 0.0296. The first-order chi connectivity index (χ1) is 24.4. The van der Waals surface area contributed by atoms with Gasteiger partial charge in [-0.1, -0.05) is 178 Å². The topological polar surface area (TPSA) is 93.1 Å². The van der Waals surface area contributed by atoms with Gasteiger partial charge in [0.25, 0.3) is 0 Å². The molecule has 6 nitrogen and oxygen atoms in total. The molecule has 0 aliphatic carbocycles. The maximum atomic E-state index is 12.0. The summed E-state index contributed by atoms with van der Waals surface area (Å²) in [5, 5.41) is 20.1. The number of esters is 2. The zero-order valence-electron chi connectivity index (χ0n) is 32.4. The number of carbonyl (C=O) groups is 2. The molecule has 0 aromatic rings. The molecule has 0 bridgehead atoms. The number of allylic oxidation sites excluding steroid dienone is 9. The maximum Gasteiger partial charge on any atom is 0.305 e. The van der Waals surface area contributed by atoms with Gasteiger partial charge in [0.05, 0.1) is 6.10 Å². The summed E-state index contributed by atoms with van der Waals surface area (Å²) in [6.07, 6.45) is 44.5. The van der Waals surface area contributed by atoms with Gasteiger partial charge >= 0.3 is 11.9 Å². The highest BCUT2D eigenvalue weighted by Gasteiger charge is 2.12. The van der Waals surface area contributed by atoms with E-state index in [1.54, 1.807) is 6.08 Å². The largest absolute Gasteiger partial charge is 0.463 e. The van der Waals surface area contributed by atoms with Crippen molar-refractivity contribution in [3.8, 4) is 0 Å². The van der Waals surface area contributed by atoms with Crippen LogP contribution in [0.3, 0.4) is 0 Å². The van der Waals surface area contributed by atoms with E-state index in [-0.39, 0.29) is 25.6 Å². The van der Waals surface area contributed by atoms with Crippen LogP contribution in [0.5, 0.6) is 0 Å². The maximum absolute atomic E-state index is 12.0. The van der Waals surface area contributed by atoms with Crippen molar-refractivity contribution in [2.75, 3.05) is 13.2 Å². The second-order valence-electron chi connectivity index (χ2n) is 13.8. The lowest BCUT2D eigenvalue weighted by Gasteiger charge is -2.12. The van der Waals surface area contributed by atoms with Crippen LogP contribution in [0.4, 0.5) is 0 Å². The third-order valence-corrected chi connectivity index (χ3v) is 8.91. The fraction of sp³-hybridized carbons (Fsp3) is 0.727. The van der Waals surface area contributed by atoms with Crippen LogP contribution in [-0.4, -0.2) is 47.6 Å². The molecule has 0 radical (unpaired) electrons. The summed E-state index contributed by atoms with van der Waals surface area (Å²) in [6, 6.07) is 0. The molecule has 0 aromatic carbocycles. The van der Waals surface area contributed by atoms with Crippen LogP contribution in [0.25, 0.3) is 0 Å². The Bertz CT molecular complexity index is 917. The predicted octanol–water partition coefficient (Wildman–Crippen LogP) is 11.6. The van der Waals surface area contributed by atoms with Crippen LogP contribution in [0.15, 0.2) is 60.8 Å². The summed E-state index contributed by atoms with van der Waals surface area (Å²) < 4.78 is 10.2. The van der Waals surface area contributed by atoms with Crippen LogP contribution < -0.4 is 0 Å². The monoisotopic (exact) mass is 701 g/mol. The molecular weight excluding hydrogens is 624 g/mol. The van der Waals surface area contributed by atoms with E-state index in [1.807, 2.05) is 18.2 Å². The Morgan fingerprint density at radius 1 is 0.540 bits per heavy atom. The van der Waals surface area contributed by atoms with E-state index in [2.05, 4.69) is 57.2 Å². The zero-order valence-corrected chi connectivity index (χ0v) is 32.4. The van der Waals surface area contributed by atoms with Gasteiger partial charge in [-0.25, -0.2) is 0 Å². The zero-order chi connectivity index (χ0) is 36.8. The van der Waals surface area contributed by atoms with E-state index in [9.17, 15) is 19.8 Å². The lowest BCUT2D eigenvalue weighted by molar-refractivity contribution is -0.152. The average molecular weight is 701 g/mol. The minimum Gasteiger partial charge on any atom is -0.463 e. The SMILES string of the molecule is CC/C=C\C/C=C\C/C=C\C/C=C\C=C\C(O)CCCC(=O)OC[C@@H](O)COC(=O)CCCCCCCCCCCCCCCCC(C)CC. The van der Waals surface area contributed by atoms with Crippen LogP contribution in [-0.2, 0) is 19.1 Å². The average Bonchev–Trinajstić information content (AvgIpc) is 3.11. The van der Waals surface area contributed by atoms with Gasteiger partial charge in [0.1, 0.15) is 19.3 Å². The Balaban J connectivity index is 3.61. The fourth-order valence-corrected chi connectivity index (χ4v) is 5.44. The molecule has 0 saturated heterocycles. The molecule has 0 aromatic heterocycles. The van der Waals surface area contributed by atoms with Gasteiger partial charge in [-0.15, -0.1) is 0 Å². The third-order valence-electron chi connectivity index (χ3n) is 8.91. The molecule has 0 heterocycles. The summed E-state index contributed by atoms with van der Waals surface area (Å²) in [7, 11) is 0. The highest BCUT2D eigenvalue weighted by molar-refractivity contribution is 5.69. The van der Waals surface area contributed by atoms with Crippen LogP contribution >= 0.6 is 0 Å². The lowest BCUT2D eigenvalue weighted by atomic mass is 9.99. The molecule has 288 valence electrons. The lowest BCUT2D eigenvalue weighted by Crippen LogP contribution is -2.25. The van der Waals surface area contributed by atoms with Crippen molar-refractivity contribution in [2.45, 2.75) is 187 Å². The number of aliphatic hydroxyl groups is 2. The van der Waals surface area contributed by atoms with E-state index >= 15 is 0 Å². The summed E-state index contributed by atoms with van der Waals surface area (Å²) in [5.41, 5.74) is 0. The van der Waals surface area contributed by atoms with E-state index in [0.29, 0.717) is 19.3 Å². The second-order valence-corrected chi connectivity index (χ2v) is 13.8. The molecular formula is C44H76O6. The third kappa shape index (κ3) is 36.8. The van der Waals surface area contributed by atoms with Crippen molar-refractivity contribution < 1.29 is 29.3 Å². The van der Waals surface area contributed by atoms with E-state index in [0.717, 1.165) is 50.9 Å². The fourth-order valence-electron chi connectivity index (χ4n) is 5.44. The second kappa shape index (κ2) is 37.8. The molecule has 0 rings (SSSR count). The number of hydrogen-bond donors (Lipinski definition) is 2. The molecule has 0 amide bonds. The number of rotatable bonds is 35. The molecule has 0 aliphatic rings. The molecule has 2 unspecified atom stereocenters. The number of carbonyl (C=O) groups excluding carboxylic acids is 2. The Morgan fingerprint density at radius 3 is 1.48 bits per heavy atom. The van der Waals surface area contributed by atoms with E-state index in [4.69, 9.17) is 9.47 Å². The van der Waals surface area contributed by atoms with Crippen molar-refractivity contribution in [3.63, 3.8) is 0 Å². The van der Waals surface area contributed by atoms with Crippen molar-refractivity contribution in [1.29, 1.82) is 0 Å². The van der Waals surface area contributed by atoms with Gasteiger partial charge in [0.15, 0.2) is 0 Å². The molecule has 0 aliphatic heterocycles. The summed E-state index contributed by atoms with van der Waals surface area (Å²) in [4.78, 5) is 24.0. The Morgan fingerprint density at radius 2 is 0.980 bits per heavy atom. The van der Waals surface area contributed by atoms with Gasteiger partial charge in [0.2, 0.25) is 0 Å². The summed E-state index contributed by atoms with van der Waals surface area (Å²) >= 11 is 0. The number of ether oxygens (including phenoxy) is 2. The van der Waals surface area contributed by atoms with E-state index in [1.165, 1.54) is 83.5 Å². The summed E-state index contributed by atoms with van der Waals surface area (Å²) in [6.45, 7) is 6.40. The molecule has 6 heteroatoms. The number of unbranched alkanes of at least 4 members (excludes halogenated alkanes) is 13. The Labute approximate surface area is 307 Å². The van der Waals surface area contributed by atoms with Crippen LogP contribution in [0.1, 0.15) is 175 Å². The van der Waals surface area contributed by atoms with Gasteiger partial charge < -0.3 is 19.7 Å². The van der Waals surface area contributed by atoms with Crippen molar-refractivity contribution >= 4 is 11.9 Å². The number of hydrogen-bond acceptors (Lipinski definition) is 6. The van der Waals surface area contributed by atoms with Crippen molar-refractivity contribution in [3.05, 3.63) is 60.8 Å². The molecule has 0 saturated carbocycles. The number of aliphatic hydroxyl groups excluding tert-OH is 2. The van der Waals surface area contributed by atoms with Gasteiger partial charge in [-0.05, 0) is 50.9 Å². The summed E-state index contributed by atoms with van der Waals surface area (Å²) in [5.74, 6) is 0.131.